The number of nitrogen functional groups attached to an aromatic ring is 1. The first-order valence-electron chi connectivity index (χ1n) is 9.00. The maximum Gasteiger partial charge on any atom is 0.349 e. The van der Waals surface area contributed by atoms with Crippen LogP contribution in [-0.4, -0.2) is 30.3 Å². The number of esters is 1. The molecule has 0 spiro atoms. The molecule has 1 heterocycles. The Morgan fingerprint density at radius 1 is 1.24 bits per heavy atom. The summed E-state index contributed by atoms with van der Waals surface area (Å²) >= 11 is 0. The highest BCUT2D eigenvalue weighted by molar-refractivity contribution is 5.77. The minimum Gasteiger partial charge on any atom is -0.477 e. The van der Waals surface area contributed by atoms with Crippen molar-refractivity contribution in [3.63, 3.8) is 0 Å². The summed E-state index contributed by atoms with van der Waals surface area (Å²) in [7, 11) is 0. The van der Waals surface area contributed by atoms with Crippen molar-refractivity contribution in [2.24, 2.45) is 0 Å². The Hall–Kier alpha value is -1.75. The molecule has 0 saturated carbocycles. The van der Waals surface area contributed by atoms with E-state index in [1.807, 2.05) is 32.9 Å². The second-order valence-corrected chi connectivity index (χ2v) is 8.78. The van der Waals surface area contributed by atoms with E-state index in [0.29, 0.717) is 11.4 Å². The zero-order valence-corrected chi connectivity index (χ0v) is 16.3. The third kappa shape index (κ3) is 5.36. The monoisotopic (exact) mass is 348 g/mol. The van der Waals surface area contributed by atoms with Crippen LogP contribution in [0.3, 0.4) is 0 Å². The van der Waals surface area contributed by atoms with Gasteiger partial charge in [-0.15, -0.1) is 0 Å². The van der Waals surface area contributed by atoms with E-state index in [0.717, 1.165) is 24.9 Å². The second kappa shape index (κ2) is 7.24. The summed E-state index contributed by atoms with van der Waals surface area (Å²) in [5, 5.41) is 3.36. The van der Waals surface area contributed by atoms with Gasteiger partial charge in [0.25, 0.3) is 0 Å². The van der Waals surface area contributed by atoms with Crippen molar-refractivity contribution < 1.29 is 14.3 Å². The lowest BCUT2D eigenvalue weighted by Gasteiger charge is -2.30. The van der Waals surface area contributed by atoms with Gasteiger partial charge < -0.3 is 20.5 Å². The molecule has 0 bridgehead atoms. The molecule has 140 valence electrons. The van der Waals surface area contributed by atoms with Gasteiger partial charge in [-0.05, 0) is 57.2 Å². The number of hydrogen-bond donors (Lipinski definition) is 2. The Morgan fingerprint density at radius 2 is 1.92 bits per heavy atom. The van der Waals surface area contributed by atoms with E-state index in [4.69, 9.17) is 15.2 Å². The Morgan fingerprint density at radius 3 is 2.44 bits per heavy atom. The Bertz CT molecular complexity index is 608. The van der Waals surface area contributed by atoms with Gasteiger partial charge in [0.1, 0.15) is 11.4 Å². The van der Waals surface area contributed by atoms with E-state index >= 15 is 0 Å². The lowest BCUT2D eigenvalue weighted by atomic mass is 9.86. The first-order chi connectivity index (χ1) is 11.5. The highest BCUT2D eigenvalue weighted by atomic mass is 16.6. The van der Waals surface area contributed by atoms with Gasteiger partial charge >= 0.3 is 5.97 Å². The molecule has 0 aromatic heterocycles. The van der Waals surface area contributed by atoms with E-state index in [-0.39, 0.29) is 17.4 Å². The van der Waals surface area contributed by atoms with E-state index in [1.54, 1.807) is 6.07 Å². The predicted octanol–water partition coefficient (Wildman–Crippen LogP) is 3.41. The van der Waals surface area contributed by atoms with Gasteiger partial charge in [-0.3, -0.25) is 0 Å². The van der Waals surface area contributed by atoms with Gasteiger partial charge in [0.2, 0.25) is 6.10 Å². The molecule has 0 aliphatic carbocycles. The average Bonchev–Trinajstić information content (AvgIpc) is 2.95. The number of nitrogens with one attached hydrogen (secondary N) is 1. The summed E-state index contributed by atoms with van der Waals surface area (Å²) < 4.78 is 11.8. The molecule has 3 N–H and O–H groups in total. The average molecular weight is 348 g/mol. The number of nitrogens with two attached hydrogens (primary N) is 1. The number of anilines is 1. The molecule has 1 saturated heterocycles. The number of benzene rings is 1. The van der Waals surface area contributed by atoms with E-state index < -0.39 is 11.7 Å². The van der Waals surface area contributed by atoms with Crippen molar-refractivity contribution in [1.82, 2.24) is 5.32 Å². The van der Waals surface area contributed by atoms with Gasteiger partial charge in [0, 0.05) is 11.8 Å². The van der Waals surface area contributed by atoms with Gasteiger partial charge in [-0.25, -0.2) is 4.79 Å². The van der Waals surface area contributed by atoms with Gasteiger partial charge in [0.05, 0.1) is 6.04 Å². The van der Waals surface area contributed by atoms with Crippen LogP contribution in [0, 0.1) is 0 Å². The minimum absolute atomic E-state index is 0.0518. The number of rotatable bonds is 4. The van der Waals surface area contributed by atoms with Crippen LogP contribution in [0.5, 0.6) is 5.75 Å². The van der Waals surface area contributed by atoms with Crippen molar-refractivity contribution in [2.75, 3.05) is 12.3 Å². The molecule has 5 heteroatoms. The topological polar surface area (TPSA) is 73.6 Å². The van der Waals surface area contributed by atoms with Crippen molar-refractivity contribution in [1.29, 1.82) is 0 Å². The van der Waals surface area contributed by atoms with Crippen LogP contribution in [0.1, 0.15) is 59.9 Å². The standard InChI is InChI=1S/C20H32N2O3/c1-19(2,3)14-10-9-13(21)12-16(14)24-17(15-8-7-11-22-15)18(23)25-20(4,5)6/h9-10,12,15,17,22H,7-8,11,21H2,1-6H3/t15?,17-/m0/s1. The summed E-state index contributed by atoms with van der Waals surface area (Å²) in [6, 6.07) is 5.58. The summed E-state index contributed by atoms with van der Waals surface area (Å²) in [6.45, 7) is 12.8. The zero-order chi connectivity index (χ0) is 18.8. The first kappa shape index (κ1) is 19.6. The smallest absolute Gasteiger partial charge is 0.349 e. The quantitative estimate of drug-likeness (QED) is 0.644. The Labute approximate surface area is 151 Å². The normalized spacial score (nSPS) is 19.5. The largest absolute Gasteiger partial charge is 0.477 e. The fourth-order valence-electron chi connectivity index (χ4n) is 3.02. The number of carbonyl (C=O) groups excluding carboxylic acids is 1. The van der Waals surface area contributed by atoms with Crippen LogP contribution in [0.25, 0.3) is 0 Å². The first-order valence-corrected chi connectivity index (χ1v) is 9.00. The van der Waals surface area contributed by atoms with Crippen molar-refractivity contribution >= 4 is 11.7 Å². The fourth-order valence-corrected chi connectivity index (χ4v) is 3.02. The third-order valence-electron chi connectivity index (χ3n) is 4.17. The number of hydrogen-bond acceptors (Lipinski definition) is 5. The molecule has 1 aromatic rings. The van der Waals surface area contributed by atoms with Crippen LogP contribution in [0.15, 0.2) is 18.2 Å². The highest BCUT2D eigenvalue weighted by Gasteiger charge is 2.36. The van der Waals surface area contributed by atoms with Gasteiger partial charge in [-0.1, -0.05) is 26.8 Å². The van der Waals surface area contributed by atoms with Crippen LogP contribution in [0.2, 0.25) is 0 Å². The number of carbonyl (C=O) groups is 1. The molecular formula is C20H32N2O3. The molecule has 5 nitrogen and oxygen atoms in total. The third-order valence-corrected chi connectivity index (χ3v) is 4.17. The molecule has 1 fully saturated rings. The molecule has 1 aliphatic rings. The Balaban J connectivity index is 2.33. The molecule has 0 amide bonds. The lowest BCUT2D eigenvalue weighted by Crippen LogP contribution is -2.47. The maximum atomic E-state index is 12.8. The summed E-state index contributed by atoms with van der Waals surface area (Å²) in [6.07, 6.45) is 1.22. The molecule has 1 aromatic carbocycles. The van der Waals surface area contributed by atoms with Crippen molar-refractivity contribution in [3.8, 4) is 5.75 Å². The summed E-state index contributed by atoms with van der Waals surface area (Å²) in [4.78, 5) is 12.8. The number of ether oxygens (including phenoxy) is 2. The molecule has 25 heavy (non-hydrogen) atoms. The zero-order valence-electron chi connectivity index (χ0n) is 16.3. The Kier molecular flexibility index (Phi) is 5.67. The highest BCUT2D eigenvalue weighted by Crippen LogP contribution is 2.34. The molecule has 2 rings (SSSR count). The van der Waals surface area contributed by atoms with Crippen LogP contribution in [0.4, 0.5) is 5.69 Å². The second-order valence-electron chi connectivity index (χ2n) is 8.78. The van der Waals surface area contributed by atoms with E-state index in [1.165, 1.54) is 0 Å². The van der Waals surface area contributed by atoms with E-state index in [2.05, 4.69) is 26.1 Å². The van der Waals surface area contributed by atoms with Crippen LogP contribution >= 0.6 is 0 Å². The van der Waals surface area contributed by atoms with Crippen LogP contribution < -0.4 is 15.8 Å². The summed E-state index contributed by atoms with van der Waals surface area (Å²) in [5.74, 6) is 0.311. The molecule has 1 aliphatic heterocycles. The molecular weight excluding hydrogens is 316 g/mol. The molecule has 0 radical (unpaired) electrons. The fraction of sp³-hybridized carbons (Fsp3) is 0.650. The molecule has 2 atom stereocenters. The van der Waals surface area contributed by atoms with Gasteiger partial charge in [0.15, 0.2) is 0 Å². The SMILES string of the molecule is CC(C)(C)OC(=O)[C@@H](Oc1cc(N)ccc1C(C)(C)C)C1CCCN1. The summed E-state index contributed by atoms with van der Waals surface area (Å²) in [5.41, 5.74) is 6.93. The van der Waals surface area contributed by atoms with Crippen molar-refractivity contribution in [2.45, 2.75) is 77.5 Å². The maximum absolute atomic E-state index is 12.8. The lowest BCUT2D eigenvalue weighted by molar-refractivity contribution is -0.164. The van der Waals surface area contributed by atoms with E-state index in [9.17, 15) is 4.79 Å². The predicted molar refractivity (Wildman–Crippen MR) is 101 cm³/mol. The van der Waals surface area contributed by atoms with Crippen molar-refractivity contribution in [3.05, 3.63) is 23.8 Å². The molecule has 1 unspecified atom stereocenters. The van der Waals surface area contributed by atoms with Crippen LogP contribution in [-0.2, 0) is 14.9 Å². The van der Waals surface area contributed by atoms with Gasteiger partial charge in [-0.2, -0.15) is 0 Å². The minimum atomic E-state index is -0.690.